The Morgan fingerprint density at radius 1 is 1.22 bits per heavy atom. The first-order chi connectivity index (χ1) is 13.1. The van der Waals surface area contributed by atoms with Crippen LogP contribution in [0.5, 0.6) is 0 Å². The molecule has 0 atom stereocenters. The molecule has 4 rings (SSSR count). The summed E-state index contributed by atoms with van der Waals surface area (Å²) in [5, 5.41) is 7.01. The van der Waals surface area contributed by atoms with Crippen LogP contribution in [0.25, 0.3) is 5.69 Å². The minimum absolute atomic E-state index is 0.302. The number of hydrogen-bond donors (Lipinski definition) is 1. The Labute approximate surface area is 162 Å². The number of rotatable bonds is 4. The van der Waals surface area contributed by atoms with Crippen LogP contribution >= 0.6 is 15.9 Å². The predicted octanol–water partition coefficient (Wildman–Crippen LogP) is 3.24. The van der Waals surface area contributed by atoms with E-state index in [1.54, 1.807) is 41.3 Å². The van der Waals surface area contributed by atoms with Crippen molar-refractivity contribution in [2.45, 2.75) is 0 Å². The summed E-state index contributed by atoms with van der Waals surface area (Å²) >= 11 is 3.41. The molecule has 136 valence electrons. The van der Waals surface area contributed by atoms with Crippen molar-refractivity contribution < 1.29 is 14.3 Å². The van der Waals surface area contributed by atoms with Gasteiger partial charge in [-0.05, 0) is 36.4 Å². The van der Waals surface area contributed by atoms with Crippen LogP contribution < -0.4 is 10.2 Å². The van der Waals surface area contributed by atoms with Gasteiger partial charge in [-0.25, -0.2) is 14.5 Å². The van der Waals surface area contributed by atoms with Crippen LogP contribution in [0.4, 0.5) is 16.2 Å². The van der Waals surface area contributed by atoms with E-state index in [2.05, 4.69) is 31.3 Å². The number of ether oxygens (including phenoxy) is 1. The summed E-state index contributed by atoms with van der Waals surface area (Å²) in [6.07, 6.45) is 2.57. The number of carbonyl (C=O) groups excluding carboxylic acids is 2. The van der Waals surface area contributed by atoms with E-state index in [9.17, 15) is 9.59 Å². The van der Waals surface area contributed by atoms with Crippen LogP contribution in [0.3, 0.4) is 0 Å². The van der Waals surface area contributed by atoms with E-state index in [1.165, 1.54) is 11.2 Å². The zero-order valence-electron chi connectivity index (χ0n) is 14.0. The van der Waals surface area contributed by atoms with Crippen LogP contribution in [-0.4, -0.2) is 39.9 Å². The SMILES string of the molecule is O=C(Nc1cc(Br)ccc1-n1cncn1)c1cccc(N2CCOC2=O)c1. The summed E-state index contributed by atoms with van der Waals surface area (Å²) in [7, 11) is 0. The second-order valence-corrected chi connectivity index (χ2v) is 6.69. The normalized spacial score (nSPS) is 13.5. The van der Waals surface area contributed by atoms with Gasteiger partial charge in [0.05, 0.1) is 17.9 Å². The van der Waals surface area contributed by atoms with Gasteiger partial charge in [-0.2, -0.15) is 5.10 Å². The molecule has 1 aromatic heterocycles. The topological polar surface area (TPSA) is 89.3 Å². The van der Waals surface area contributed by atoms with Crippen molar-refractivity contribution in [1.82, 2.24) is 14.8 Å². The number of aromatic nitrogens is 3. The number of hydrogen-bond acceptors (Lipinski definition) is 5. The molecular weight excluding hydrogens is 414 g/mol. The van der Waals surface area contributed by atoms with E-state index in [0.717, 1.165) is 4.47 Å². The highest BCUT2D eigenvalue weighted by Crippen LogP contribution is 2.26. The Hall–Kier alpha value is -3.20. The Kier molecular flexibility index (Phi) is 4.59. The smallest absolute Gasteiger partial charge is 0.414 e. The first-order valence-electron chi connectivity index (χ1n) is 8.12. The summed E-state index contributed by atoms with van der Waals surface area (Å²) in [4.78, 5) is 30.0. The van der Waals surface area contributed by atoms with Crippen LogP contribution in [0.1, 0.15) is 10.4 Å². The predicted molar refractivity (Wildman–Crippen MR) is 102 cm³/mol. The first kappa shape index (κ1) is 17.2. The van der Waals surface area contributed by atoms with Crippen molar-refractivity contribution in [3.05, 3.63) is 65.2 Å². The monoisotopic (exact) mass is 427 g/mol. The number of cyclic esters (lactones) is 1. The summed E-state index contributed by atoms with van der Waals surface area (Å²) in [5.41, 5.74) is 2.31. The fourth-order valence-electron chi connectivity index (χ4n) is 2.78. The molecule has 1 aliphatic heterocycles. The van der Waals surface area contributed by atoms with E-state index >= 15 is 0 Å². The molecule has 0 aliphatic carbocycles. The molecule has 0 radical (unpaired) electrons. The van der Waals surface area contributed by atoms with E-state index in [4.69, 9.17) is 4.74 Å². The highest BCUT2D eigenvalue weighted by atomic mass is 79.9. The van der Waals surface area contributed by atoms with Crippen molar-refractivity contribution >= 4 is 39.3 Å². The van der Waals surface area contributed by atoms with E-state index in [0.29, 0.717) is 35.8 Å². The van der Waals surface area contributed by atoms with Gasteiger partial charge in [-0.15, -0.1) is 0 Å². The lowest BCUT2D eigenvalue weighted by atomic mass is 10.1. The third-order valence-electron chi connectivity index (χ3n) is 4.05. The highest BCUT2D eigenvalue weighted by molar-refractivity contribution is 9.10. The molecule has 1 aliphatic rings. The molecule has 2 amide bonds. The van der Waals surface area contributed by atoms with Gasteiger partial charge in [0.1, 0.15) is 19.3 Å². The van der Waals surface area contributed by atoms with Crippen molar-refractivity contribution in [3.63, 3.8) is 0 Å². The number of anilines is 2. The second-order valence-electron chi connectivity index (χ2n) is 5.77. The minimum atomic E-state index is -0.409. The number of nitrogens with zero attached hydrogens (tertiary/aromatic N) is 4. The number of carbonyl (C=O) groups is 2. The quantitative estimate of drug-likeness (QED) is 0.689. The van der Waals surface area contributed by atoms with Crippen LogP contribution in [0, 0.1) is 0 Å². The second kappa shape index (κ2) is 7.20. The largest absolute Gasteiger partial charge is 0.447 e. The van der Waals surface area contributed by atoms with Gasteiger partial charge in [0, 0.05) is 15.7 Å². The fraction of sp³-hybridized carbons (Fsp3) is 0.111. The van der Waals surface area contributed by atoms with Gasteiger partial charge >= 0.3 is 6.09 Å². The molecule has 0 bridgehead atoms. The lowest BCUT2D eigenvalue weighted by molar-refractivity contribution is 0.102. The third-order valence-corrected chi connectivity index (χ3v) is 4.55. The molecule has 3 aromatic rings. The summed E-state index contributed by atoms with van der Waals surface area (Å²) < 4.78 is 7.33. The van der Waals surface area contributed by atoms with Crippen LogP contribution in [-0.2, 0) is 4.74 Å². The Morgan fingerprint density at radius 3 is 2.85 bits per heavy atom. The van der Waals surface area contributed by atoms with Gasteiger partial charge in [0.2, 0.25) is 0 Å². The van der Waals surface area contributed by atoms with Gasteiger partial charge in [0.25, 0.3) is 5.91 Å². The summed E-state index contributed by atoms with van der Waals surface area (Å²) in [6, 6.07) is 12.3. The molecule has 0 saturated carbocycles. The number of halogens is 1. The number of benzene rings is 2. The average Bonchev–Trinajstić information content (AvgIpc) is 3.34. The summed E-state index contributed by atoms with van der Waals surface area (Å²) in [6.45, 7) is 0.806. The molecule has 2 heterocycles. The van der Waals surface area contributed by atoms with E-state index < -0.39 is 6.09 Å². The van der Waals surface area contributed by atoms with Crippen LogP contribution in [0.2, 0.25) is 0 Å². The van der Waals surface area contributed by atoms with Crippen molar-refractivity contribution in [3.8, 4) is 5.69 Å². The maximum Gasteiger partial charge on any atom is 0.414 e. The lowest BCUT2D eigenvalue weighted by Gasteiger charge is -2.15. The van der Waals surface area contributed by atoms with Gasteiger partial charge in [-0.1, -0.05) is 22.0 Å². The van der Waals surface area contributed by atoms with E-state index in [1.807, 2.05) is 12.1 Å². The van der Waals surface area contributed by atoms with Gasteiger partial charge in [-0.3, -0.25) is 9.69 Å². The Bertz CT molecular complexity index is 1010. The van der Waals surface area contributed by atoms with Crippen LogP contribution in [0.15, 0.2) is 59.6 Å². The molecular formula is C18H14BrN5O3. The Balaban J connectivity index is 1.62. The fourth-order valence-corrected chi connectivity index (χ4v) is 3.14. The maximum absolute atomic E-state index is 12.8. The van der Waals surface area contributed by atoms with Gasteiger partial charge < -0.3 is 10.1 Å². The number of amides is 2. The lowest BCUT2D eigenvalue weighted by Crippen LogP contribution is -2.23. The van der Waals surface area contributed by atoms with E-state index in [-0.39, 0.29) is 5.91 Å². The number of nitrogens with one attached hydrogen (secondary N) is 1. The zero-order valence-corrected chi connectivity index (χ0v) is 15.6. The maximum atomic E-state index is 12.8. The minimum Gasteiger partial charge on any atom is -0.447 e. The van der Waals surface area contributed by atoms with Crippen molar-refractivity contribution in [1.29, 1.82) is 0 Å². The average molecular weight is 428 g/mol. The summed E-state index contributed by atoms with van der Waals surface area (Å²) in [5.74, 6) is -0.302. The molecule has 1 fully saturated rings. The molecule has 1 saturated heterocycles. The highest BCUT2D eigenvalue weighted by Gasteiger charge is 2.24. The Morgan fingerprint density at radius 2 is 2.11 bits per heavy atom. The molecule has 1 N–H and O–H groups in total. The third kappa shape index (κ3) is 3.54. The molecule has 2 aromatic carbocycles. The van der Waals surface area contributed by atoms with Crippen molar-refractivity contribution in [2.24, 2.45) is 0 Å². The molecule has 8 nitrogen and oxygen atoms in total. The van der Waals surface area contributed by atoms with Gasteiger partial charge in [0.15, 0.2) is 0 Å². The first-order valence-corrected chi connectivity index (χ1v) is 8.91. The molecule has 0 spiro atoms. The standard InChI is InChI=1S/C18H14BrN5O3/c19-13-4-5-16(24-11-20-10-21-24)15(9-13)22-17(25)12-2-1-3-14(8-12)23-6-7-27-18(23)26/h1-5,8-11H,6-7H2,(H,22,25). The molecule has 9 heteroatoms. The molecule has 27 heavy (non-hydrogen) atoms. The van der Waals surface area contributed by atoms with Crippen molar-refractivity contribution in [2.75, 3.05) is 23.4 Å². The molecule has 0 unspecified atom stereocenters. The zero-order chi connectivity index (χ0) is 18.8.